The molecule has 37 heavy (non-hydrogen) atoms. The first kappa shape index (κ1) is 22.7. The van der Waals surface area contributed by atoms with Gasteiger partial charge in [-0.1, -0.05) is 78.9 Å². The summed E-state index contributed by atoms with van der Waals surface area (Å²) in [7, 11) is 1.97. The van der Waals surface area contributed by atoms with Crippen LogP contribution in [0.2, 0.25) is 0 Å². The molecule has 0 aliphatic rings. The SMILES string of the molecule is Cn1cncc1C(OCc1ccccc1)c1ccc(C#N)c(-c2cccc3cc4ccccc4cc23)c1. The number of aryl methyl sites for hydroxylation is 1. The van der Waals surface area contributed by atoms with Gasteiger partial charge in [0.15, 0.2) is 0 Å². The molecule has 0 bridgehead atoms. The fraction of sp³-hybridized carbons (Fsp3) is 0.0909. The van der Waals surface area contributed by atoms with Crippen molar-refractivity contribution in [1.82, 2.24) is 9.55 Å². The Bertz CT molecular complexity index is 1760. The number of rotatable bonds is 6. The van der Waals surface area contributed by atoms with E-state index < -0.39 is 0 Å². The predicted molar refractivity (Wildman–Crippen MR) is 148 cm³/mol. The summed E-state index contributed by atoms with van der Waals surface area (Å²) in [6.45, 7) is 0.465. The minimum Gasteiger partial charge on any atom is -0.363 e. The van der Waals surface area contributed by atoms with Crippen LogP contribution in [0.1, 0.15) is 28.5 Å². The van der Waals surface area contributed by atoms with Crippen LogP contribution in [-0.4, -0.2) is 9.55 Å². The van der Waals surface area contributed by atoms with Gasteiger partial charge in [-0.25, -0.2) is 4.98 Å². The molecule has 0 fully saturated rings. The summed E-state index contributed by atoms with van der Waals surface area (Å²) >= 11 is 0. The van der Waals surface area contributed by atoms with E-state index in [4.69, 9.17) is 4.74 Å². The lowest BCUT2D eigenvalue weighted by Gasteiger charge is -2.21. The van der Waals surface area contributed by atoms with E-state index in [1.807, 2.05) is 48.1 Å². The largest absolute Gasteiger partial charge is 0.363 e. The van der Waals surface area contributed by atoms with Gasteiger partial charge < -0.3 is 9.30 Å². The maximum Gasteiger partial charge on any atom is 0.124 e. The van der Waals surface area contributed by atoms with Crippen molar-refractivity contribution in [3.8, 4) is 17.2 Å². The Hall–Kier alpha value is -4.72. The highest BCUT2D eigenvalue weighted by atomic mass is 16.5. The molecule has 6 aromatic rings. The molecule has 5 aromatic carbocycles. The Morgan fingerprint density at radius 3 is 2.32 bits per heavy atom. The lowest BCUT2D eigenvalue weighted by Crippen LogP contribution is -2.11. The lowest BCUT2D eigenvalue weighted by atomic mass is 9.91. The highest BCUT2D eigenvalue weighted by Gasteiger charge is 2.21. The van der Waals surface area contributed by atoms with E-state index in [9.17, 15) is 5.26 Å². The number of hydrogen-bond donors (Lipinski definition) is 0. The Morgan fingerprint density at radius 1 is 0.811 bits per heavy atom. The van der Waals surface area contributed by atoms with Crippen molar-refractivity contribution < 1.29 is 4.74 Å². The van der Waals surface area contributed by atoms with E-state index in [-0.39, 0.29) is 6.10 Å². The Balaban J connectivity index is 1.49. The van der Waals surface area contributed by atoms with Gasteiger partial charge in [0.1, 0.15) is 6.10 Å². The molecule has 1 heterocycles. The van der Waals surface area contributed by atoms with Crippen LogP contribution in [0.5, 0.6) is 0 Å². The number of nitriles is 1. The molecule has 1 aromatic heterocycles. The average Bonchev–Trinajstić information content (AvgIpc) is 3.37. The zero-order chi connectivity index (χ0) is 25.2. The van der Waals surface area contributed by atoms with E-state index in [0.717, 1.165) is 38.7 Å². The lowest BCUT2D eigenvalue weighted by molar-refractivity contribution is 0.0622. The topological polar surface area (TPSA) is 50.8 Å². The zero-order valence-corrected chi connectivity index (χ0v) is 20.5. The van der Waals surface area contributed by atoms with Gasteiger partial charge >= 0.3 is 0 Å². The zero-order valence-electron chi connectivity index (χ0n) is 20.5. The minimum absolute atomic E-state index is 0.338. The van der Waals surface area contributed by atoms with Crippen LogP contribution in [0, 0.1) is 11.3 Å². The van der Waals surface area contributed by atoms with Gasteiger partial charge in [-0.05, 0) is 62.5 Å². The van der Waals surface area contributed by atoms with Crippen molar-refractivity contribution in [3.05, 3.63) is 138 Å². The molecule has 4 nitrogen and oxygen atoms in total. The Kier molecular flexibility index (Phi) is 5.98. The summed E-state index contributed by atoms with van der Waals surface area (Å²) in [6, 6.07) is 37.7. The normalized spacial score (nSPS) is 12.0. The number of imidazole rings is 1. The van der Waals surface area contributed by atoms with Crippen molar-refractivity contribution in [2.75, 3.05) is 0 Å². The second kappa shape index (κ2) is 9.73. The van der Waals surface area contributed by atoms with Crippen molar-refractivity contribution in [2.24, 2.45) is 7.05 Å². The quantitative estimate of drug-likeness (QED) is 0.232. The summed E-state index contributed by atoms with van der Waals surface area (Å²) < 4.78 is 8.49. The van der Waals surface area contributed by atoms with Crippen molar-refractivity contribution in [2.45, 2.75) is 12.7 Å². The molecule has 1 unspecified atom stereocenters. The molecular formula is C33H25N3O. The predicted octanol–water partition coefficient (Wildman–Crippen LogP) is 7.57. The maximum atomic E-state index is 10.0. The summed E-state index contributed by atoms with van der Waals surface area (Å²) in [6.07, 6.45) is 3.29. The average molecular weight is 480 g/mol. The number of benzene rings is 5. The van der Waals surface area contributed by atoms with Gasteiger partial charge in [-0.2, -0.15) is 5.26 Å². The fourth-order valence-electron chi connectivity index (χ4n) is 4.97. The first-order valence-electron chi connectivity index (χ1n) is 12.3. The first-order valence-corrected chi connectivity index (χ1v) is 12.3. The number of ether oxygens (including phenoxy) is 1. The van der Waals surface area contributed by atoms with Gasteiger partial charge in [-0.3, -0.25) is 0 Å². The molecule has 1 atom stereocenters. The van der Waals surface area contributed by atoms with E-state index >= 15 is 0 Å². The van der Waals surface area contributed by atoms with Crippen LogP contribution in [0.15, 0.2) is 116 Å². The van der Waals surface area contributed by atoms with Crippen LogP contribution in [0.4, 0.5) is 0 Å². The third kappa shape index (κ3) is 4.38. The van der Waals surface area contributed by atoms with Gasteiger partial charge in [-0.15, -0.1) is 0 Å². The second-order valence-electron chi connectivity index (χ2n) is 9.25. The van der Waals surface area contributed by atoms with Crippen LogP contribution in [0.3, 0.4) is 0 Å². The van der Waals surface area contributed by atoms with Gasteiger partial charge in [0.25, 0.3) is 0 Å². The summed E-state index contributed by atoms with van der Waals surface area (Å²) in [5.74, 6) is 0. The van der Waals surface area contributed by atoms with E-state index in [0.29, 0.717) is 12.2 Å². The standard InChI is InChI=1S/C33H25N3O/c1-36-22-35-20-32(36)33(37-21-23-8-3-2-4-9-23)27-14-15-28(19-34)31(18-27)29-13-7-12-26-16-24-10-5-6-11-25(24)17-30(26)29/h2-18,20,22,33H,21H2,1H3. The van der Waals surface area contributed by atoms with Crippen LogP contribution in [-0.2, 0) is 18.4 Å². The maximum absolute atomic E-state index is 10.0. The first-order chi connectivity index (χ1) is 18.2. The monoisotopic (exact) mass is 479 g/mol. The molecule has 4 heteroatoms. The number of aromatic nitrogens is 2. The molecule has 6 rings (SSSR count). The molecular weight excluding hydrogens is 454 g/mol. The van der Waals surface area contributed by atoms with Crippen molar-refractivity contribution in [3.63, 3.8) is 0 Å². The third-order valence-corrected chi connectivity index (χ3v) is 6.89. The number of hydrogen-bond acceptors (Lipinski definition) is 3. The van der Waals surface area contributed by atoms with Crippen LogP contribution < -0.4 is 0 Å². The van der Waals surface area contributed by atoms with E-state index in [1.165, 1.54) is 10.8 Å². The Labute approximate surface area is 216 Å². The van der Waals surface area contributed by atoms with Crippen molar-refractivity contribution in [1.29, 1.82) is 5.26 Å². The summed E-state index contributed by atoms with van der Waals surface area (Å²) in [5.41, 5.74) is 5.60. The summed E-state index contributed by atoms with van der Waals surface area (Å²) in [4.78, 5) is 4.34. The highest BCUT2D eigenvalue weighted by Crippen LogP contribution is 2.36. The summed E-state index contributed by atoms with van der Waals surface area (Å²) in [5, 5.41) is 14.7. The number of nitrogens with zero attached hydrogens (tertiary/aromatic N) is 3. The molecule has 178 valence electrons. The molecule has 0 radical (unpaired) electrons. The minimum atomic E-state index is -0.338. The van der Waals surface area contributed by atoms with Crippen LogP contribution >= 0.6 is 0 Å². The molecule has 0 aliphatic carbocycles. The fourth-order valence-corrected chi connectivity index (χ4v) is 4.97. The van der Waals surface area contributed by atoms with E-state index in [2.05, 4.69) is 83.8 Å². The molecule has 0 aliphatic heterocycles. The van der Waals surface area contributed by atoms with Crippen LogP contribution in [0.25, 0.3) is 32.7 Å². The van der Waals surface area contributed by atoms with Gasteiger partial charge in [0.2, 0.25) is 0 Å². The smallest absolute Gasteiger partial charge is 0.124 e. The van der Waals surface area contributed by atoms with Crippen molar-refractivity contribution >= 4 is 21.5 Å². The third-order valence-electron chi connectivity index (χ3n) is 6.89. The molecule has 0 N–H and O–H groups in total. The Morgan fingerprint density at radius 2 is 1.57 bits per heavy atom. The van der Waals surface area contributed by atoms with Gasteiger partial charge in [0, 0.05) is 12.6 Å². The van der Waals surface area contributed by atoms with E-state index in [1.54, 1.807) is 6.33 Å². The second-order valence-corrected chi connectivity index (χ2v) is 9.25. The molecule has 0 amide bonds. The molecule has 0 spiro atoms. The molecule has 0 saturated heterocycles. The number of fused-ring (bicyclic) bond motifs is 2. The highest BCUT2D eigenvalue weighted by molar-refractivity contribution is 6.05. The molecule has 0 saturated carbocycles. The van der Waals surface area contributed by atoms with Gasteiger partial charge in [0.05, 0.1) is 36.5 Å².